The zero-order valence-electron chi connectivity index (χ0n) is 10.2. The third-order valence-electron chi connectivity index (χ3n) is 3.02. The summed E-state index contributed by atoms with van der Waals surface area (Å²) in [7, 11) is 0. The van der Waals surface area contributed by atoms with E-state index in [1.807, 2.05) is 13.8 Å². The van der Waals surface area contributed by atoms with Gasteiger partial charge < -0.3 is 5.11 Å². The molecule has 0 aliphatic rings. The molecule has 0 bridgehead atoms. The molecule has 1 aromatic heterocycles. The van der Waals surface area contributed by atoms with Crippen LogP contribution in [0.2, 0.25) is 5.02 Å². The van der Waals surface area contributed by atoms with Crippen LogP contribution in [0.25, 0.3) is 0 Å². The molecule has 3 nitrogen and oxygen atoms in total. The molecule has 18 heavy (non-hydrogen) atoms. The minimum absolute atomic E-state index is 0.0598. The lowest BCUT2D eigenvalue weighted by Crippen LogP contribution is -2.06. The van der Waals surface area contributed by atoms with Gasteiger partial charge in [0.05, 0.1) is 18.8 Å². The van der Waals surface area contributed by atoms with E-state index in [2.05, 4.69) is 5.10 Å². The highest BCUT2D eigenvalue weighted by atomic mass is 35.5. The number of nitrogens with zero attached hydrogens (tertiary/aromatic N) is 2. The molecule has 1 aromatic carbocycles. The summed E-state index contributed by atoms with van der Waals surface area (Å²) in [5, 5.41) is 14.0. The summed E-state index contributed by atoms with van der Waals surface area (Å²) in [5.74, 6) is -0.308. The quantitative estimate of drug-likeness (QED) is 0.930. The van der Waals surface area contributed by atoms with Crippen molar-refractivity contribution in [3.63, 3.8) is 0 Å². The Morgan fingerprint density at radius 1 is 1.39 bits per heavy atom. The molecule has 2 rings (SSSR count). The normalized spacial score (nSPS) is 10.9. The molecule has 0 amide bonds. The number of hydrogen-bond donors (Lipinski definition) is 1. The number of rotatable bonds is 3. The first-order valence-electron chi connectivity index (χ1n) is 5.60. The van der Waals surface area contributed by atoms with E-state index in [1.54, 1.807) is 10.7 Å². The first-order chi connectivity index (χ1) is 8.52. The van der Waals surface area contributed by atoms with Crippen molar-refractivity contribution in [3.8, 4) is 0 Å². The Morgan fingerprint density at radius 2 is 2.11 bits per heavy atom. The van der Waals surface area contributed by atoms with Gasteiger partial charge in [-0.1, -0.05) is 11.6 Å². The van der Waals surface area contributed by atoms with Gasteiger partial charge in [0.25, 0.3) is 0 Å². The van der Waals surface area contributed by atoms with Crippen LogP contribution in [0.15, 0.2) is 18.2 Å². The Labute approximate surface area is 110 Å². The largest absolute Gasteiger partial charge is 0.392 e. The lowest BCUT2D eigenvalue weighted by molar-refractivity contribution is 0.280. The second kappa shape index (κ2) is 5.08. The molecule has 1 heterocycles. The molecule has 0 aliphatic heterocycles. The number of aliphatic hydroxyl groups excluding tert-OH is 1. The second-order valence-corrected chi connectivity index (χ2v) is 4.64. The average molecular weight is 269 g/mol. The number of hydrogen-bond acceptors (Lipinski definition) is 2. The van der Waals surface area contributed by atoms with Gasteiger partial charge in [-0.15, -0.1) is 0 Å². The fraction of sp³-hybridized carbons (Fsp3) is 0.308. The highest BCUT2D eigenvalue weighted by Gasteiger charge is 2.12. The van der Waals surface area contributed by atoms with Crippen molar-refractivity contribution in [1.29, 1.82) is 0 Å². The summed E-state index contributed by atoms with van der Waals surface area (Å²) < 4.78 is 15.3. The maximum atomic E-state index is 13.6. The van der Waals surface area contributed by atoms with Gasteiger partial charge in [-0.2, -0.15) is 5.10 Å². The van der Waals surface area contributed by atoms with Crippen molar-refractivity contribution in [2.45, 2.75) is 27.0 Å². The van der Waals surface area contributed by atoms with Crippen LogP contribution < -0.4 is 0 Å². The molecule has 0 unspecified atom stereocenters. The van der Waals surface area contributed by atoms with Gasteiger partial charge in [-0.3, -0.25) is 4.68 Å². The Bertz CT molecular complexity index is 581. The van der Waals surface area contributed by atoms with E-state index in [9.17, 15) is 9.50 Å². The van der Waals surface area contributed by atoms with Gasteiger partial charge in [-0.25, -0.2) is 4.39 Å². The fourth-order valence-electron chi connectivity index (χ4n) is 1.94. The number of benzene rings is 1. The maximum absolute atomic E-state index is 13.6. The van der Waals surface area contributed by atoms with Crippen LogP contribution >= 0.6 is 11.6 Å². The van der Waals surface area contributed by atoms with Crippen LogP contribution in [0.1, 0.15) is 22.5 Å². The summed E-state index contributed by atoms with van der Waals surface area (Å²) in [5.41, 5.74) is 2.88. The Kier molecular flexibility index (Phi) is 3.68. The van der Waals surface area contributed by atoms with Gasteiger partial charge >= 0.3 is 0 Å². The van der Waals surface area contributed by atoms with Gasteiger partial charge in [0.1, 0.15) is 5.82 Å². The minimum atomic E-state index is -0.308. The standard InChI is InChI=1S/C13H14ClFN2O/c1-8-12(7-18)9(2)17(16-8)6-10-5-11(14)3-4-13(10)15/h3-5,18H,6-7H2,1-2H3. The van der Waals surface area contributed by atoms with Crippen molar-refractivity contribution in [3.05, 3.63) is 51.6 Å². The van der Waals surface area contributed by atoms with E-state index in [4.69, 9.17) is 11.6 Å². The number of aryl methyl sites for hydroxylation is 1. The third kappa shape index (κ3) is 2.40. The summed E-state index contributed by atoms with van der Waals surface area (Å²) >= 11 is 5.85. The predicted octanol–water partition coefficient (Wildman–Crippen LogP) is 2.83. The van der Waals surface area contributed by atoms with E-state index < -0.39 is 0 Å². The summed E-state index contributed by atoms with van der Waals surface area (Å²) in [6.45, 7) is 3.92. The Hall–Kier alpha value is -1.39. The molecule has 0 aliphatic carbocycles. The van der Waals surface area contributed by atoms with Gasteiger partial charge in [0, 0.05) is 21.8 Å². The molecule has 96 valence electrons. The number of aromatic nitrogens is 2. The van der Waals surface area contributed by atoms with E-state index in [0.717, 1.165) is 17.0 Å². The van der Waals surface area contributed by atoms with Crippen molar-refractivity contribution < 1.29 is 9.50 Å². The van der Waals surface area contributed by atoms with E-state index in [0.29, 0.717) is 17.1 Å². The molecular formula is C13H14ClFN2O. The molecule has 5 heteroatoms. The lowest BCUT2D eigenvalue weighted by Gasteiger charge is -2.07. The topological polar surface area (TPSA) is 38.0 Å². The monoisotopic (exact) mass is 268 g/mol. The molecule has 0 radical (unpaired) electrons. The summed E-state index contributed by atoms with van der Waals surface area (Å²) in [6.07, 6.45) is 0. The minimum Gasteiger partial charge on any atom is -0.392 e. The average Bonchev–Trinajstić information content (AvgIpc) is 2.59. The first-order valence-corrected chi connectivity index (χ1v) is 5.98. The van der Waals surface area contributed by atoms with Crippen molar-refractivity contribution in [1.82, 2.24) is 9.78 Å². The van der Waals surface area contributed by atoms with E-state index in [1.165, 1.54) is 12.1 Å². The van der Waals surface area contributed by atoms with E-state index >= 15 is 0 Å². The zero-order valence-corrected chi connectivity index (χ0v) is 11.0. The molecule has 0 saturated heterocycles. The lowest BCUT2D eigenvalue weighted by atomic mass is 10.2. The first kappa shape index (κ1) is 13.1. The molecule has 2 aromatic rings. The molecule has 0 atom stereocenters. The molecule has 0 spiro atoms. The number of halogens is 2. The van der Waals surface area contributed by atoms with Gasteiger partial charge in [-0.05, 0) is 32.0 Å². The van der Waals surface area contributed by atoms with Crippen molar-refractivity contribution in [2.24, 2.45) is 0 Å². The maximum Gasteiger partial charge on any atom is 0.128 e. The second-order valence-electron chi connectivity index (χ2n) is 4.20. The van der Waals surface area contributed by atoms with Crippen LogP contribution in [0.3, 0.4) is 0 Å². The molecule has 1 N–H and O–H groups in total. The zero-order chi connectivity index (χ0) is 13.3. The SMILES string of the molecule is Cc1nn(Cc2cc(Cl)ccc2F)c(C)c1CO. The summed E-state index contributed by atoms with van der Waals surface area (Å²) in [4.78, 5) is 0. The van der Waals surface area contributed by atoms with Crippen LogP contribution in [-0.2, 0) is 13.2 Å². The molecular weight excluding hydrogens is 255 g/mol. The molecule has 0 saturated carbocycles. The van der Waals surface area contributed by atoms with Crippen LogP contribution in [-0.4, -0.2) is 14.9 Å². The highest BCUT2D eigenvalue weighted by molar-refractivity contribution is 6.30. The van der Waals surface area contributed by atoms with E-state index in [-0.39, 0.29) is 12.4 Å². The van der Waals surface area contributed by atoms with Crippen molar-refractivity contribution >= 4 is 11.6 Å². The Morgan fingerprint density at radius 3 is 2.72 bits per heavy atom. The van der Waals surface area contributed by atoms with Gasteiger partial charge in [0.15, 0.2) is 0 Å². The Balaban J connectivity index is 2.37. The van der Waals surface area contributed by atoms with Crippen molar-refractivity contribution in [2.75, 3.05) is 0 Å². The smallest absolute Gasteiger partial charge is 0.128 e. The van der Waals surface area contributed by atoms with Crippen LogP contribution in [0.5, 0.6) is 0 Å². The van der Waals surface area contributed by atoms with Crippen LogP contribution in [0.4, 0.5) is 4.39 Å². The predicted molar refractivity (Wildman–Crippen MR) is 68.1 cm³/mol. The number of aliphatic hydroxyl groups is 1. The fourth-order valence-corrected chi connectivity index (χ4v) is 2.14. The van der Waals surface area contributed by atoms with Gasteiger partial charge in [0.2, 0.25) is 0 Å². The van der Waals surface area contributed by atoms with Crippen LogP contribution in [0, 0.1) is 19.7 Å². The highest BCUT2D eigenvalue weighted by Crippen LogP contribution is 2.18. The summed E-state index contributed by atoms with van der Waals surface area (Å²) in [6, 6.07) is 4.45. The molecule has 0 fully saturated rings. The third-order valence-corrected chi connectivity index (χ3v) is 3.25.